The van der Waals surface area contributed by atoms with Gasteiger partial charge in [-0.1, -0.05) is 0 Å². The lowest BCUT2D eigenvalue weighted by Crippen LogP contribution is -2.31. The fourth-order valence-corrected chi connectivity index (χ4v) is 2.04. The number of aromatic nitrogens is 2. The molecule has 0 bridgehead atoms. The monoisotopic (exact) mass is 313 g/mol. The van der Waals surface area contributed by atoms with Crippen molar-refractivity contribution in [2.45, 2.75) is 39.0 Å². The fourth-order valence-electron chi connectivity index (χ4n) is 1.56. The van der Waals surface area contributed by atoms with Crippen LogP contribution in [0.3, 0.4) is 0 Å². The summed E-state index contributed by atoms with van der Waals surface area (Å²) in [6.07, 6.45) is -4.96. The molecular weight excluding hydrogens is 299 g/mol. The average Bonchev–Trinajstić information content (AvgIpc) is 2.36. The number of hydrogen-bond acceptors (Lipinski definition) is 2. The maximum Gasteiger partial charge on any atom is 0.390 e. The molecule has 1 atom stereocenters. The van der Waals surface area contributed by atoms with Gasteiger partial charge in [0.05, 0.1) is 22.3 Å². The first-order valence-electron chi connectivity index (χ1n) is 5.19. The molecule has 1 unspecified atom stereocenters. The van der Waals surface area contributed by atoms with E-state index in [0.717, 1.165) is 15.9 Å². The van der Waals surface area contributed by atoms with Crippen LogP contribution < -0.4 is 5.32 Å². The van der Waals surface area contributed by atoms with Crippen LogP contribution in [-0.2, 0) is 13.6 Å². The smallest absolute Gasteiger partial charge is 0.308 e. The van der Waals surface area contributed by atoms with Crippen LogP contribution in [0.2, 0.25) is 0 Å². The minimum atomic E-state index is -4.13. The zero-order valence-corrected chi connectivity index (χ0v) is 11.5. The van der Waals surface area contributed by atoms with Crippen molar-refractivity contribution in [2.75, 3.05) is 0 Å². The number of rotatable bonds is 4. The molecule has 0 aromatic carbocycles. The Morgan fingerprint density at radius 2 is 2.06 bits per heavy atom. The van der Waals surface area contributed by atoms with Gasteiger partial charge in [-0.3, -0.25) is 4.68 Å². The summed E-state index contributed by atoms with van der Waals surface area (Å²) in [5.74, 6) is 0. The second kappa shape index (κ2) is 5.39. The molecule has 0 aliphatic carbocycles. The molecule has 0 radical (unpaired) electrons. The molecule has 0 aliphatic heterocycles. The minimum Gasteiger partial charge on any atom is -0.308 e. The number of nitrogens with zero attached hydrogens (tertiary/aromatic N) is 2. The molecule has 0 saturated carbocycles. The second-order valence-corrected chi connectivity index (χ2v) is 4.86. The molecule has 1 heterocycles. The Balaban J connectivity index is 2.56. The third-order valence-corrected chi connectivity index (χ3v) is 3.45. The standard InChI is InChI=1S/C10H15BrF3N3/c1-6(4-10(12,13)14)15-5-8-9(11)7(2)16-17(8)3/h6,15H,4-5H2,1-3H3. The van der Waals surface area contributed by atoms with E-state index in [-0.39, 0.29) is 0 Å². The van der Waals surface area contributed by atoms with E-state index in [1.165, 1.54) is 6.92 Å². The van der Waals surface area contributed by atoms with E-state index in [9.17, 15) is 13.2 Å². The van der Waals surface area contributed by atoms with Gasteiger partial charge in [0.1, 0.15) is 0 Å². The highest BCUT2D eigenvalue weighted by molar-refractivity contribution is 9.10. The lowest BCUT2D eigenvalue weighted by Gasteiger charge is -2.15. The third kappa shape index (κ3) is 4.31. The first kappa shape index (κ1) is 14.5. The molecule has 0 saturated heterocycles. The molecule has 98 valence electrons. The maximum atomic E-state index is 12.1. The zero-order chi connectivity index (χ0) is 13.2. The molecule has 17 heavy (non-hydrogen) atoms. The van der Waals surface area contributed by atoms with Crippen molar-refractivity contribution in [1.29, 1.82) is 0 Å². The number of aryl methyl sites for hydroxylation is 2. The number of hydrogen-bond donors (Lipinski definition) is 1. The summed E-state index contributed by atoms with van der Waals surface area (Å²) in [4.78, 5) is 0. The Hall–Kier alpha value is -0.560. The number of halogens is 4. The molecule has 0 amide bonds. The SMILES string of the molecule is Cc1nn(C)c(CNC(C)CC(F)(F)F)c1Br. The topological polar surface area (TPSA) is 29.9 Å². The number of alkyl halides is 3. The summed E-state index contributed by atoms with van der Waals surface area (Å²) in [7, 11) is 1.77. The van der Waals surface area contributed by atoms with Gasteiger partial charge in [0.25, 0.3) is 0 Å². The zero-order valence-electron chi connectivity index (χ0n) is 9.90. The molecule has 3 nitrogen and oxygen atoms in total. The predicted molar refractivity (Wildman–Crippen MR) is 62.6 cm³/mol. The van der Waals surface area contributed by atoms with Crippen molar-refractivity contribution in [3.8, 4) is 0 Å². The van der Waals surface area contributed by atoms with Gasteiger partial charge >= 0.3 is 6.18 Å². The van der Waals surface area contributed by atoms with E-state index in [1.807, 2.05) is 6.92 Å². The van der Waals surface area contributed by atoms with Crippen LogP contribution in [0.5, 0.6) is 0 Å². The quantitative estimate of drug-likeness (QED) is 0.926. The molecule has 1 aromatic heterocycles. The van der Waals surface area contributed by atoms with Gasteiger partial charge in [-0.15, -0.1) is 0 Å². The van der Waals surface area contributed by atoms with E-state index in [4.69, 9.17) is 0 Å². The Morgan fingerprint density at radius 3 is 2.47 bits per heavy atom. The van der Waals surface area contributed by atoms with E-state index in [2.05, 4.69) is 26.3 Å². The van der Waals surface area contributed by atoms with E-state index < -0.39 is 18.6 Å². The van der Waals surface area contributed by atoms with Gasteiger partial charge in [0, 0.05) is 19.6 Å². The Labute approximate surface area is 107 Å². The Morgan fingerprint density at radius 1 is 1.47 bits per heavy atom. The normalized spacial score (nSPS) is 14.1. The van der Waals surface area contributed by atoms with Gasteiger partial charge in [-0.2, -0.15) is 18.3 Å². The summed E-state index contributed by atoms with van der Waals surface area (Å²) >= 11 is 3.37. The van der Waals surface area contributed by atoms with Crippen LogP contribution in [0.4, 0.5) is 13.2 Å². The first-order chi connectivity index (χ1) is 7.70. The molecule has 1 rings (SSSR count). The third-order valence-electron chi connectivity index (χ3n) is 2.42. The van der Waals surface area contributed by atoms with Crippen LogP contribution in [0.15, 0.2) is 4.47 Å². The van der Waals surface area contributed by atoms with Gasteiger partial charge in [0.2, 0.25) is 0 Å². The van der Waals surface area contributed by atoms with E-state index in [1.54, 1.807) is 11.7 Å². The van der Waals surface area contributed by atoms with Crippen molar-refractivity contribution >= 4 is 15.9 Å². The van der Waals surface area contributed by atoms with Crippen LogP contribution in [0, 0.1) is 6.92 Å². The molecule has 0 aliphatic rings. The summed E-state index contributed by atoms with van der Waals surface area (Å²) in [5.41, 5.74) is 1.67. The minimum absolute atomic E-state index is 0.356. The Bertz CT molecular complexity index is 387. The highest BCUT2D eigenvalue weighted by atomic mass is 79.9. The predicted octanol–water partition coefficient (Wildman–Crippen LogP) is 2.92. The van der Waals surface area contributed by atoms with Gasteiger partial charge in [-0.05, 0) is 29.8 Å². The van der Waals surface area contributed by atoms with E-state index >= 15 is 0 Å². The van der Waals surface area contributed by atoms with Gasteiger partial charge in [0.15, 0.2) is 0 Å². The summed E-state index contributed by atoms with van der Waals surface area (Å²) < 4.78 is 38.9. The maximum absolute atomic E-state index is 12.1. The molecule has 1 aromatic rings. The van der Waals surface area contributed by atoms with Crippen LogP contribution >= 0.6 is 15.9 Å². The van der Waals surface area contributed by atoms with E-state index in [0.29, 0.717) is 6.54 Å². The number of nitrogens with one attached hydrogen (secondary N) is 1. The fraction of sp³-hybridized carbons (Fsp3) is 0.700. The van der Waals surface area contributed by atoms with Crippen molar-refractivity contribution < 1.29 is 13.2 Å². The summed E-state index contributed by atoms with van der Waals surface area (Å²) in [6, 6.07) is -0.614. The largest absolute Gasteiger partial charge is 0.390 e. The van der Waals surface area contributed by atoms with Crippen LogP contribution in [0.25, 0.3) is 0 Å². The van der Waals surface area contributed by atoms with Crippen LogP contribution in [-0.4, -0.2) is 22.0 Å². The second-order valence-electron chi connectivity index (χ2n) is 4.07. The summed E-state index contributed by atoms with van der Waals surface area (Å²) in [6.45, 7) is 3.71. The molecular formula is C10H15BrF3N3. The van der Waals surface area contributed by atoms with Crippen molar-refractivity contribution in [2.24, 2.45) is 7.05 Å². The Kier molecular flexibility index (Phi) is 4.60. The average molecular weight is 314 g/mol. The van der Waals surface area contributed by atoms with Crippen molar-refractivity contribution in [3.05, 3.63) is 15.9 Å². The van der Waals surface area contributed by atoms with Crippen molar-refractivity contribution in [1.82, 2.24) is 15.1 Å². The van der Waals surface area contributed by atoms with Crippen LogP contribution in [0.1, 0.15) is 24.7 Å². The molecule has 0 fully saturated rings. The van der Waals surface area contributed by atoms with Gasteiger partial charge in [-0.25, -0.2) is 0 Å². The molecule has 0 spiro atoms. The lowest BCUT2D eigenvalue weighted by molar-refractivity contribution is -0.139. The van der Waals surface area contributed by atoms with Gasteiger partial charge < -0.3 is 5.32 Å². The first-order valence-corrected chi connectivity index (χ1v) is 5.98. The summed E-state index contributed by atoms with van der Waals surface area (Å²) in [5, 5.41) is 7.01. The highest BCUT2D eigenvalue weighted by Gasteiger charge is 2.29. The van der Waals surface area contributed by atoms with Crippen molar-refractivity contribution in [3.63, 3.8) is 0 Å². The lowest BCUT2D eigenvalue weighted by atomic mass is 10.2. The molecule has 7 heteroatoms. The highest BCUT2D eigenvalue weighted by Crippen LogP contribution is 2.23. The molecule has 1 N–H and O–H groups in total.